The highest BCUT2D eigenvalue weighted by Gasteiger charge is 2.27. The summed E-state index contributed by atoms with van der Waals surface area (Å²) in [6.07, 6.45) is 5.59. The zero-order valence-corrected chi connectivity index (χ0v) is 18.4. The molecule has 0 bridgehead atoms. The molecule has 2 aliphatic rings. The van der Waals surface area contributed by atoms with Crippen molar-refractivity contribution in [3.8, 4) is 0 Å². The number of aromatic nitrogens is 4. The van der Waals surface area contributed by atoms with Gasteiger partial charge in [0, 0.05) is 63.2 Å². The van der Waals surface area contributed by atoms with Gasteiger partial charge in [0.05, 0.1) is 12.1 Å². The van der Waals surface area contributed by atoms with Gasteiger partial charge in [-0.2, -0.15) is 5.10 Å². The quantitative estimate of drug-likeness (QED) is 0.626. The molecule has 10 heteroatoms. The van der Waals surface area contributed by atoms with Gasteiger partial charge in [0.2, 0.25) is 11.9 Å². The number of amides is 1. The van der Waals surface area contributed by atoms with E-state index in [0.29, 0.717) is 18.4 Å². The second-order valence-corrected chi connectivity index (χ2v) is 8.62. The summed E-state index contributed by atoms with van der Waals surface area (Å²) in [6, 6.07) is 0. The van der Waals surface area contributed by atoms with Gasteiger partial charge >= 0.3 is 5.97 Å². The lowest BCUT2D eigenvalue weighted by Crippen LogP contribution is -2.37. The summed E-state index contributed by atoms with van der Waals surface area (Å²) >= 11 is 2.27. The number of halogens is 1. The Balaban J connectivity index is 1.37. The lowest BCUT2D eigenvalue weighted by Gasteiger charge is -2.32. The number of carbonyl (C=O) groups excluding carboxylic acids is 1. The van der Waals surface area contributed by atoms with Crippen LogP contribution in [0, 0.1) is 9.62 Å². The third kappa shape index (κ3) is 4.21. The molecule has 4 heterocycles. The largest absolute Gasteiger partial charge is 0.478 e. The van der Waals surface area contributed by atoms with Gasteiger partial charge in [-0.3, -0.25) is 9.48 Å². The van der Waals surface area contributed by atoms with Crippen LogP contribution in [0.25, 0.3) is 0 Å². The first-order chi connectivity index (χ1) is 13.9. The van der Waals surface area contributed by atoms with Gasteiger partial charge in [-0.1, -0.05) is 0 Å². The Kier molecular flexibility index (Phi) is 5.70. The van der Waals surface area contributed by atoms with E-state index in [1.54, 1.807) is 6.92 Å². The maximum Gasteiger partial charge on any atom is 0.338 e. The molecule has 9 nitrogen and oxygen atoms in total. The van der Waals surface area contributed by atoms with E-state index in [4.69, 9.17) is 10.2 Å². The normalized spacial score (nSPS) is 17.3. The van der Waals surface area contributed by atoms with Crippen LogP contribution in [0.5, 0.6) is 0 Å². The number of fused-ring (bicyclic) bond motifs is 1. The van der Waals surface area contributed by atoms with Crippen molar-refractivity contribution in [2.45, 2.75) is 39.3 Å². The van der Waals surface area contributed by atoms with E-state index in [-0.39, 0.29) is 11.5 Å². The molecular formula is C19H23IN6O3. The Hall–Kier alpha value is -2.24. The van der Waals surface area contributed by atoms with E-state index >= 15 is 0 Å². The summed E-state index contributed by atoms with van der Waals surface area (Å²) < 4.78 is 3.14. The maximum absolute atomic E-state index is 11.7. The molecule has 1 N–H and O–H groups in total. The van der Waals surface area contributed by atoms with Gasteiger partial charge in [-0.05, 0) is 41.4 Å². The minimum atomic E-state index is -1.01. The zero-order valence-electron chi connectivity index (χ0n) is 16.2. The molecule has 1 fully saturated rings. The Morgan fingerprint density at radius 1 is 1.21 bits per heavy atom. The van der Waals surface area contributed by atoms with Crippen molar-refractivity contribution in [1.82, 2.24) is 24.6 Å². The fraction of sp³-hybridized carbons (Fsp3) is 0.526. The highest BCUT2D eigenvalue weighted by atomic mass is 127. The molecule has 0 aromatic carbocycles. The minimum absolute atomic E-state index is 0.102. The minimum Gasteiger partial charge on any atom is -0.478 e. The number of anilines is 1. The Labute approximate surface area is 182 Å². The molecular weight excluding hydrogens is 487 g/mol. The second kappa shape index (κ2) is 8.25. The lowest BCUT2D eigenvalue weighted by molar-refractivity contribution is -0.129. The molecule has 0 radical (unpaired) electrons. The van der Waals surface area contributed by atoms with Crippen molar-refractivity contribution in [2.75, 3.05) is 24.5 Å². The summed E-state index contributed by atoms with van der Waals surface area (Å²) in [6.45, 7) is 5.61. The molecule has 0 spiro atoms. The van der Waals surface area contributed by atoms with Crippen LogP contribution in [0.15, 0.2) is 12.4 Å². The zero-order chi connectivity index (χ0) is 20.5. The molecule has 29 heavy (non-hydrogen) atoms. The summed E-state index contributed by atoms with van der Waals surface area (Å²) in [4.78, 5) is 35.0. The van der Waals surface area contributed by atoms with Crippen LogP contribution in [-0.4, -0.2) is 61.3 Å². The van der Waals surface area contributed by atoms with Crippen LogP contribution in [0.4, 0.5) is 5.95 Å². The molecule has 0 atom stereocenters. The van der Waals surface area contributed by atoms with E-state index in [1.165, 1.54) is 23.7 Å². The first-order valence-electron chi connectivity index (χ1n) is 9.72. The Morgan fingerprint density at radius 3 is 2.52 bits per heavy atom. The lowest BCUT2D eigenvalue weighted by atomic mass is 9.96. The standard InChI is InChI=1S/C19H23IN6O3/c1-12(27)25-7-4-16-15(11-25)17(20)23-26(16)10-13-2-5-24(6-3-13)19-21-8-14(9-22-19)18(28)29/h8-9,13H,2-7,10-11H2,1H3,(H,28,29). The fourth-order valence-corrected chi connectivity index (χ4v) is 4.77. The van der Waals surface area contributed by atoms with Crippen LogP contribution in [0.1, 0.15) is 41.4 Å². The molecule has 0 saturated carbocycles. The number of hydrogen-bond acceptors (Lipinski definition) is 6. The van der Waals surface area contributed by atoms with Crippen molar-refractivity contribution in [3.05, 3.63) is 32.9 Å². The smallest absolute Gasteiger partial charge is 0.338 e. The first kappa shape index (κ1) is 20.0. The number of carbonyl (C=O) groups is 2. The van der Waals surface area contributed by atoms with Gasteiger partial charge in [0.25, 0.3) is 0 Å². The molecule has 0 unspecified atom stereocenters. The van der Waals surface area contributed by atoms with Gasteiger partial charge in [-0.15, -0.1) is 0 Å². The van der Waals surface area contributed by atoms with Crippen molar-refractivity contribution in [3.63, 3.8) is 0 Å². The van der Waals surface area contributed by atoms with Crippen molar-refractivity contribution in [1.29, 1.82) is 0 Å². The average molecular weight is 510 g/mol. The van der Waals surface area contributed by atoms with E-state index in [2.05, 4.69) is 42.1 Å². The molecule has 2 aromatic rings. The summed E-state index contributed by atoms with van der Waals surface area (Å²) in [5.74, 6) is 0.211. The number of hydrogen-bond donors (Lipinski definition) is 1. The van der Waals surface area contributed by atoms with E-state index in [0.717, 1.165) is 49.1 Å². The van der Waals surface area contributed by atoms with Crippen LogP contribution in [0.2, 0.25) is 0 Å². The van der Waals surface area contributed by atoms with Crippen LogP contribution < -0.4 is 4.90 Å². The molecule has 0 aliphatic carbocycles. The van der Waals surface area contributed by atoms with Gasteiger partial charge in [0.15, 0.2) is 0 Å². The van der Waals surface area contributed by atoms with Gasteiger partial charge in [-0.25, -0.2) is 14.8 Å². The number of carboxylic acids is 1. The van der Waals surface area contributed by atoms with E-state index in [1.807, 2.05) is 4.90 Å². The molecule has 4 rings (SSSR count). The van der Waals surface area contributed by atoms with Crippen molar-refractivity contribution in [2.24, 2.45) is 5.92 Å². The average Bonchev–Trinajstić information content (AvgIpc) is 3.03. The first-order valence-corrected chi connectivity index (χ1v) is 10.8. The fourth-order valence-electron chi connectivity index (χ4n) is 4.02. The summed E-state index contributed by atoms with van der Waals surface area (Å²) in [7, 11) is 0. The number of nitrogens with zero attached hydrogens (tertiary/aromatic N) is 6. The molecule has 1 saturated heterocycles. The number of rotatable bonds is 4. The Morgan fingerprint density at radius 2 is 1.90 bits per heavy atom. The molecule has 2 aromatic heterocycles. The van der Waals surface area contributed by atoms with Gasteiger partial charge < -0.3 is 14.9 Å². The van der Waals surface area contributed by atoms with Crippen molar-refractivity contribution >= 4 is 40.4 Å². The third-order valence-electron chi connectivity index (χ3n) is 5.74. The molecule has 2 aliphatic heterocycles. The van der Waals surface area contributed by atoms with E-state index < -0.39 is 5.97 Å². The van der Waals surface area contributed by atoms with E-state index in [9.17, 15) is 9.59 Å². The third-order valence-corrected chi connectivity index (χ3v) is 6.61. The predicted octanol–water partition coefficient (Wildman–Crippen LogP) is 1.80. The van der Waals surface area contributed by atoms with Crippen LogP contribution in [0.3, 0.4) is 0 Å². The summed E-state index contributed by atoms with van der Waals surface area (Å²) in [5, 5.41) is 13.7. The van der Waals surface area contributed by atoms with Gasteiger partial charge in [0.1, 0.15) is 3.70 Å². The summed E-state index contributed by atoms with van der Waals surface area (Å²) in [5.41, 5.74) is 2.56. The number of aromatic carboxylic acids is 1. The Bertz CT molecular complexity index is 921. The predicted molar refractivity (Wildman–Crippen MR) is 114 cm³/mol. The molecule has 1 amide bonds. The SMILES string of the molecule is CC(=O)N1CCc2c(c(I)nn2CC2CCN(c3ncc(C(=O)O)cn3)CC2)C1. The maximum atomic E-state index is 11.7. The second-order valence-electron chi connectivity index (χ2n) is 7.60. The van der Waals surface area contributed by atoms with Crippen LogP contribution >= 0.6 is 22.6 Å². The monoisotopic (exact) mass is 510 g/mol. The highest BCUT2D eigenvalue weighted by Crippen LogP contribution is 2.27. The van der Waals surface area contributed by atoms with Crippen LogP contribution in [-0.2, 0) is 24.3 Å². The number of piperidine rings is 1. The number of carboxylic acid groups (broad SMARTS) is 1. The topological polar surface area (TPSA) is 104 Å². The highest BCUT2D eigenvalue weighted by molar-refractivity contribution is 14.1. The molecule has 154 valence electrons. The van der Waals surface area contributed by atoms with Crippen molar-refractivity contribution < 1.29 is 14.7 Å².